The number of likely N-dealkylation sites (tertiary alicyclic amines) is 1. The van der Waals surface area contributed by atoms with Gasteiger partial charge in [0.25, 0.3) is 0 Å². The van der Waals surface area contributed by atoms with Crippen molar-refractivity contribution in [2.45, 2.75) is 64.1 Å². The van der Waals surface area contributed by atoms with Crippen LogP contribution in [0.3, 0.4) is 0 Å². The van der Waals surface area contributed by atoms with Crippen LogP contribution in [0.4, 0.5) is 0 Å². The van der Waals surface area contributed by atoms with Gasteiger partial charge in [-0.2, -0.15) is 5.10 Å². The monoisotopic (exact) mass is 417 g/mol. The quantitative estimate of drug-likeness (QED) is 0.648. The summed E-state index contributed by atoms with van der Waals surface area (Å²) < 4.78 is 7.64. The minimum Gasteiger partial charge on any atom is -0.381 e. The summed E-state index contributed by atoms with van der Waals surface area (Å²) in [6.07, 6.45) is 6.75. The average molecular weight is 418 g/mol. The third-order valence-corrected chi connectivity index (χ3v) is 7.03. The Morgan fingerprint density at radius 3 is 2.60 bits per heavy atom. The molecule has 7 nitrogen and oxygen atoms in total. The zero-order chi connectivity index (χ0) is 21.1. The molecule has 7 heteroatoms. The second kappa shape index (κ2) is 9.79. The van der Waals surface area contributed by atoms with Crippen molar-refractivity contribution < 1.29 is 9.53 Å². The van der Waals surface area contributed by atoms with Gasteiger partial charge in [0.05, 0.1) is 11.4 Å². The van der Waals surface area contributed by atoms with E-state index in [1.54, 1.807) is 0 Å². The number of carbonyl (C=O) groups excluding carboxylic acids is 1. The predicted octanol–water partition coefficient (Wildman–Crippen LogP) is 2.04. The van der Waals surface area contributed by atoms with Gasteiger partial charge in [0.15, 0.2) is 0 Å². The van der Waals surface area contributed by atoms with Crippen molar-refractivity contribution in [3.05, 3.63) is 17.5 Å². The van der Waals surface area contributed by atoms with Crippen molar-refractivity contribution in [2.24, 2.45) is 13.0 Å². The molecular formula is C23H39N5O2. The molecule has 0 radical (unpaired) electrons. The molecule has 0 N–H and O–H groups in total. The molecule has 0 spiro atoms. The van der Waals surface area contributed by atoms with Crippen molar-refractivity contribution in [1.82, 2.24) is 24.5 Å². The van der Waals surface area contributed by atoms with E-state index >= 15 is 0 Å². The fourth-order valence-electron chi connectivity index (χ4n) is 5.15. The molecule has 1 unspecified atom stereocenters. The van der Waals surface area contributed by atoms with Crippen molar-refractivity contribution in [3.63, 3.8) is 0 Å². The van der Waals surface area contributed by atoms with Crippen molar-refractivity contribution >= 4 is 5.91 Å². The van der Waals surface area contributed by atoms with E-state index in [9.17, 15) is 4.79 Å². The van der Waals surface area contributed by atoms with Crippen LogP contribution in [-0.4, -0.2) is 88.9 Å². The summed E-state index contributed by atoms with van der Waals surface area (Å²) >= 11 is 0. The van der Waals surface area contributed by atoms with Crippen LogP contribution in [0.5, 0.6) is 0 Å². The topological polar surface area (TPSA) is 53.8 Å². The molecule has 3 fully saturated rings. The Labute approximate surface area is 181 Å². The van der Waals surface area contributed by atoms with Gasteiger partial charge in [-0.3, -0.25) is 19.3 Å². The molecule has 1 saturated carbocycles. The Morgan fingerprint density at radius 1 is 1.17 bits per heavy atom. The number of rotatable bonds is 8. The summed E-state index contributed by atoms with van der Waals surface area (Å²) in [6, 6.07) is 3.24. The van der Waals surface area contributed by atoms with E-state index in [1.165, 1.54) is 12.1 Å². The average Bonchev–Trinajstić information content (AvgIpc) is 3.54. The van der Waals surface area contributed by atoms with Gasteiger partial charge in [-0.1, -0.05) is 0 Å². The highest BCUT2D eigenvalue weighted by Gasteiger charge is 2.37. The summed E-state index contributed by atoms with van der Waals surface area (Å²) in [6.45, 7) is 8.63. The van der Waals surface area contributed by atoms with Crippen LogP contribution in [0.25, 0.3) is 0 Å². The van der Waals surface area contributed by atoms with Crippen LogP contribution in [0.15, 0.2) is 6.07 Å². The lowest BCUT2D eigenvalue weighted by Crippen LogP contribution is -2.55. The summed E-state index contributed by atoms with van der Waals surface area (Å²) in [7, 11) is 4.23. The van der Waals surface area contributed by atoms with Gasteiger partial charge < -0.3 is 9.64 Å². The van der Waals surface area contributed by atoms with Crippen LogP contribution in [0.1, 0.15) is 49.9 Å². The zero-order valence-electron chi connectivity index (χ0n) is 19.1. The van der Waals surface area contributed by atoms with E-state index in [-0.39, 0.29) is 0 Å². The number of aromatic nitrogens is 2. The lowest BCUT2D eigenvalue weighted by atomic mass is 9.98. The number of nitrogens with zero attached hydrogens (tertiary/aromatic N) is 5. The standard InChI is InChI=1S/C23H39N5O2/c1-18-15-22(26(3)24-18)16-25(2)11-12-28(20-8-13-30-14-9-20)21-5-4-10-27(17-21)23(29)19-6-7-19/h15,19-21H,4-14,16-17H2,1-3H3. The molecule has 4 rings (SSSR count). The smallest absolute Gasteiger partial charge is 0.225 e. The summed E-state index contributed by atoms with van der Waals surface area (Å²) in [5.74, 6) is 0.740. The van der Waals surface area contributed by atoms with Gasteiger partial charge in [0.2, 0.25) is 5.91 Å². The number of piperidine rings is 1. The highest BCUT2D eigenvalue weighted by atomic mass is 16.5. The Hall–Kier alpha value is -1.44. The number of hydrogen-bond donors (Lipinski definition) is 0. The van der Waals surface area contributed by atoms with Crippen molar-refractivity contribution in [1.29, 1.82) is 0 Å². The minimum atomic E-state index is 0.328. The highest BCUT2D eigenvalue weighted by molar-refractivity contribution is 5.81. The molecule has 2 aliphatic heterocycles. The van der Waals surface area contributed by atoms with Crippen molar-refractivity contribution in [2.75, 3.05) is 46.4 Å². The third kappa shape index (κ3) is 5.42. The second-order valence-corrected chi connectivity index (χ2v) is 9.57. The van der Waals surface area contributed by atoms with E-state index in [2.05, 4.69) is 32.9 Å². The first-order chi connectivity index (χ1) is 14.5. The molecule has 1 aromatic heterocycles. The first-order valence-electron chi connectivity index (χ1n) is 11.8. The maximum Gasteiger partial charge on any atom is 0.225 e. The second-order valence-electron chi connectivity index (χ2n) is 9.57. The Balaban J connectivity index is 1.37. The van der Waals surface area contributed by atoms with Crippen LogP contribution in [0, 0.1) is 12.8 Å². The van der Waals surface area contributed by atoms with E-state index in [0.717, 1.165) is 83.7 Å². The molecule has 2 saturated heterocycles. The highest BCUT2D eigenvalue weighted by Crippen LogP contribution is 2.33. The minimum absolute atomic E-state index is 0.328. The molecular weight excluding hydrogens is 378 g/mol. The maximum absolute atomic E-state index is 12.7. The molecule has 1 amide bonds. The largest absolute Gasteiger partial charge is 0.381 e. The Morgan fingerprint density at radius 2 is 1.93 bits per heavy atom. The molecule has 3 heterocycles. The van der Waals surface area contributed by atoms with Gasteiger partial charge in [-0.15, -0.1) is 0 Å². The van der Waals surface area contributed by atoms with Crippen molar-refractivity contribution in [3.8, 4) is 0 Å². The lowest BCUT2D eigenvalue weighted by molar-refractivity contribution is -0.135. The number of likely N-dealkylation sites (N-methyl/N-ethyl adjacent to an activating group) is 1. The van der Waals surface area contributed by atoms with Gasteiger partial charge in [-0.05, 0) is 58.6 Å². The first kappa shape index (κ1) is 21.8. The SMILES string of the molecule is Cc1cc(CN(C)CCN(C2CCOCC2)C2CCCN(C(=O)C3CC3)C2)n(C)n1. The molecule has 1 aromatic rings. The molecule has 0 bridgehead atoms. The fourth-order valence-corrected chi connectivity index (χ4v) is 5.15. The summed E-state index contributed by atoms with van der Waals surface area (Å²) in [5.41, 5.74) is 2.33. The molecule has 1 aliphatic carbocycles. The zero-order valence-corrected chi connectivity index (χ0v) is 19.1. The number of hydrogen-bond acceptors (Lipinski definition) is 5. The molecule has 1 atom stereocenters. The van der Waals surface area contributed by atoms with E-state index in [1.807, 2.05) is 18.7 Å². The molecule has 0 aromatic carbocycles. The normalized spacial score (nSPS) is 23.5. The number of aryl methyl sites for hydroxylation is 2. The van der Waals surface area contributed by atoms with E-state index < -0.39 is 0 Å². The van der Waals surface area contributed by atoms with Crippen LogP contribution in [0.2, 0.25) is 0 Å². The third-order valence-electron chi connectivity index (χ3n) is 7.03. The number of amides is 1. The fraction of sp³-hybridized carbons (Fsp3) is 0.826. The summed E-state index contributed by atoms with van der Waals surface area (Å²) in [4.78, 5) is 20.0. The number of ether oxygens (including phenoxy) is 1. The van der Waals surface area contributed by atoms with E-state index in [0.29, 0.717) is 23.9 Å². The summed E-state index contributed by atoms with van der Waals surface area (Å²) in [5, 5.41) is 4.48. The maximum atomic E-state index is 12.7. The Bertz CT molecular complexity index is 710. The predicted molar refractivity (Wildman–Crippen MR) is 117 cm³/mol. The van der Waals surface area contributed by atoms with Gasteiger partial charge in [0.1, 0.15) is 0 Å². The van der Waals surface area contributed by atoms with Gasteiger partial charge in [-0.25, -0.2) is 0 Å². The molecule has 168 valence electrons. The van der Waals surface area contributed by atoms with E-state index in [4.69, 9.17) is 4.74 Å². The van der Waals surface area contributed by atoms with Crippen LogP contribution >= 0.6 is 0 Å². The molecule has 3 aliphatic rings. The molecule has 30 heavy (non-hydrogen) atoms. The number of carbonyl (C=O) groups is 1. The van der Waals surface area contributed by atoms with Crippen LogP contribution < -0.4 is 0 Å². The van der Waals surface area contributed by atoms with Gasteiger partial charge in [0, 0.05) is 71.0 Å². The Kier molecular flexibility index (Phi) is 7.11. The lowest BCUT2D eigenvalue weighted by Gasteiger charge is -2.44. The first-order valence-corrected chi connectivity index (χ1v) is 11.8. The van der Waals surface area contributed by atoms with Crippen LogP contribution in [-0.2, 0) is 23.1 Å². The van der Waals surface area contributed by atoms with Gasteiger partial charge >= 0.3 is 0 Å².